The predicted molar refractivity (Wildman–Crippen MR) is 134 cm³/mol. The number of hydrogen-bond donors (Lipinski definition) is 0. The molecule has 0 aliphatic heterocycles. The Morgan fingerprint density at radius 1 is 1.11 bits per heavy atom. The number of ether oxygens (including phenoxy) is 1. The molecule has 0 saturated heterocycles. The van der Waals surface area contributed by atoms with E-state index >= 15 is 0 Å². The predicted octanol–water partition coefficient (Wildman–Crippen LogP) is 3.53. The Balaban J connectivity index is 1.48. The lowest BCUT2D eigenvalue weighted by atomic mass is 10.1. The molecule has 0 fully saturated rings. The first kappa shape index (κ1) is 24.2. The quantitative estimate of drug-likeness (QED) is 0.358. The smallest absolute Gasteiger partial charge is 0.256 e. The number of imidazole rings is 1. The first-order chi connectivity index (χ1) is 16.9. The van der Waals surface area contributed by atoms with Crippen LogP contribution in [0.3, 0.4) is 0 Å². The normalized spacial score (nSPS) is 10.9. The molecule has 0 bridgehead atoms. The number of rotatable bonds is 9. The lowest BCUT2D eigenvalue weighted by Crippen LogP contribution is -2.19. The van der Waals surface area contributed by atoms with Gasteiger partial charge in [-0.2, -0.15) is 5.26 Å². The molecule has 0 N–H and O–H groups in total. The molecule has 35 heavy (non-hydrogen) atoms. The molecule has 0 radical (unpaired) electrons. The van der Waals surface area contributed by atoms with Gasteiger partial charge >= 0.3 is 0 Å². The second kappa shape index (κ2) is 11.0. The van der Waals surface area contributed by atoms with E-state index in [1.165, 1.54) is 10.6 Å². The van der Waals surface area contributed by atoms with Crippen molar-refractivity contribution in [1.29, 1.82) is 5.26 Å². The molecule has 0 atom stereocenters. The van der Waals surface area contributed by atoms with Crippen LogP contribution in [0.4, 0.5) is 0 Å². The standard InChI is InChI=1S/C26H25ClN6O2/c1-31(2)9-10-35-24-12-20(3-5-21(24)13-28)16-32-18-29-15-23(32)11-19-4-7-25(30-14-19)33-17-22(27)6-8-26(33)34/h3-8,12,14-15,17-18H,9-11,16H2,1-2H3. The van der Waals surface area contributed by atoms with Crippen molar-refractivity contribution in [1.82, 2.24) is 24.0 Å². The highest BCUT2D eigenvalue weighted by Crippen LogP contribution is 2.21. The van der Waals surface area contributed by atoms with Gasteiger partial charge in [0.2, 0.25) is 0 Å². The average molecular weight is 489 g/mol. The number of likely N-dealkylation sites (N-methyl/N-ethyl adjacent to an activating group) is 1. The van der Waals surface area contributed by atoms with Crippen molar-refractivity contribution in [3.8, 4) is 17.6 Å². The average Bonchev–Trinajstić information content (AvgIpc) is 3.27. The van der Waals surface area contributed by atoms with Crippen molar-refractivity contribution in [3.05, 3.63) is 105 Å². The highest BCUT2D eigenvalue weighted by Gasteiger charge is 2.10. The lowest BCUT2D eigenvalue weighted by Gasteiger charge is -2.14. The number of pyridine rings is 2. The summed E-state index contributed by atoms with van der Waals surface area (Å²) in [6.45, 7) is 1.86. The molecule has 0 saturated carbocycles. The van der Waals surface area contributed by atoms with Crippen LogP contribution in [0.5, 0.6) is 5.75 Å². The number of aromatic nitrogens is 4. The Labute approximate surface area is 208 Å². The lowest BCUT2D eigenvalue weighted by molar-refractivity contribution is 0.260. The topological polar surface area (TPSA) is 89.0 Å². The Morgan fingerprint density at radius 2 is 1.94 bits per heavy atom. The fourth-order valence-corrected chi connectivity index (χ4v) is 3.72. The maximum absolute atomic E-state index is 12.1. The van der Waals surface area contributed by atoms with E-state index in [1.807, 2.05) is 43.4 Å². The van der Waals surface area contributed by atoms with Crippen LogP contribution in [0.1, 0.15) is 22.4 Å². The van der Waals surface area contributed by atoms with Crippen molar-refractivity contribution in [2.24, 2.45) is 0 Å². The van der Waals surface area contributed by atoms with E-state index in [0.717, 1.165) is 23.4 Å². The molecule has 3 aromatic heterocycles. The van der Waals surface area contributed by atoms with Crippen LogP contribution in [0.2, 0.25) is 5.02 Å². The van der Waals surface area contributed by atoms with Gasteiger partial charge in [-0.1, -0.05) is 23.7 Å². The van der Waals surface area contributed by atoms with Crippen molar-refractivity contribution in [2.45, 2.75) is 13.0 Å². The Hall–Kier alpha value is -3.93. The van der Waals surface area contributed by atoms with E-state index < -0.39 is 0 Å². The number of hydrogen-bond acceptors (Lipinski definition) is 6. The molecule has 0 aliphatic rings. The molecule has 4 rings (SSSR count). The van der Waals surface area contributed by atoms with Crippen molar-refractivity contribution in [3.63, 3.8) is 0 Å². The van der Waals surface area contributed by atoms with E-state index in [-0.39, 0.29) is 5.56 Å². The molecule has 0 unspecified atom stereocenters. The third-order valence-electron chi connectivity index (χ3n) is 5.43. The van der Waals surface area contributed by atoms with Gasteiger partial charge in [0.05, 0.1) is 16.9 Å². The summed E-state index contributed by atoms with van der Waals surface area (Å²) in [6, 6.07) is 14.5. The molecule has 9 heteroatoms. The fraction of sp³-hybridized carbons (Fsp3) is 0.231. The van der Waals surface area contributed by atoms with Gasteiger partial charge in [-0.25, -0.2) is 9.97 Å². The first-order valence-electron chi connectivity index (χ1n) is 11.1. The summed E-state index contributed by atoms with van der Waals surface area (Å²) >= 11 is 6.02. The van der Waals surface area contributed by atoms with Crippen LogP contribution >= 0.6 is 11.6 Å². The van der Waals surface area contributed by atoms with E-state index in [1.54, 1.807) is 36.9 Å². The molecular formula is C26H25ClN6O2. The van der Waals surface area contributed by atoms with Gasteiger partial charge in [0, 0.05) is 49.9 Å². The van der Waals surface area contributed by atoms with Crippen LogP contribution in [0.15, 0.2) is 72.2 Å². The van der Waals surface area contributed by atoms with Gasteiger partial charge in [0.25, 0.3) is 5.56 Å². The molecule has 3 heterocycles. The molecule has 8 nitrogen and oxygen atoms in total. The first-order valence-corrected chi connectivity index (χ1v) is 11.4. The zero-order valence-electron chi connectivity index (χ0n) is 19.6. The Kier molecular flexibility index (Phi) is 7.60. The van der Waals surface area contributed by atoms with Gasteiger partial charge in [-0.15, -0.1) is 0 Å². The van der Waals surface area contributed by atoms with Crippen LogP contribution in [0.25, 0.3) is 5.82 Å². The summed E-state index contributed by atoms with van der Waals surface area (Å²) in [4.78, 5) is 22.9. The van der Waals surface area contributed by atoms with Crippen molar-refractivity contribution >= 4 is 11.6 Å². The van der Waals surface area contributed by atoms with Crippen LogP contribution in [-0.2, 0) is 13.0 Å². The second-order valence-corrected chi connectivity index (χ2v) is 8.80. The zero-order valence-corrected chi connectivity index (χ0v) is 20.3. The summed E-state index contributed by atoms with van der Waals surface area (Å²) < 4.78 is 9.33. The molecule has 1 aromatic carbocycles. The maximum Gasteiger partial charge on any atom is 0.256 e. The minimum atomic E-state index is -0.194. The van der Waals surface area contributed by atoms with E-state index in [4.69, 9.17) is 16.3 Å². The van der Waals surface area contributed by atoms with E-state index in [2.05, 4.69) is 20.6 Å². The Bertz CT molecular complexity index is 1400. The molecular weight excluding hydrogens is 464 g/mol. The number of nitrogens with zero attached hydrogens (tertiary/aromatic N) is 6. The van der Waals surface area contributed by atoms with Crippen molar-refractivity contribution < 1.29 is 4.74 Å². The van der Waals surface area contributed by atoms with Crippen LogP contribution < -0.4 is 10.3 Å². The zero-order chi connectivity index (χ0) is 24.8. The van der Waals surface area contributed by atoms with Gasteiger partial charge in [0.1, 0.15) is 24.2 Å². The third kappa shape index (κ3) is 6.15. The minimum Gasteiger partial charge on any atom is -0.491 e. The van der Waals surface area contributed by atoms with Crippen LogP contribution in [0, 0.1) is 11.3 Å². The fourth-order valence-electron chi connectivity index (χ4n) is 3.56. The van der Waals surface area contributed by atoms with Gasteiger partial charge < -0.3 is 14.2 Å². The van der Waals surface area contributed by atoms with Crippen molar-refractivity contribution in [2.75, 3.05) is 27.2 Å². The maximum atomic E-state index is 12.1. The van der Waals surface area contributed by atoms with Gasteiger partial charge in [0.15, 0.2) is 0 Å². The largest absolute Gasteiger partial charge is 0.491 e. The highest BCUT2D eigenvalue weighted by atomic mass is 35.5. The summed E-state index contributed by atoms with van der Waals surface area (Å²) in [5.74, 6) is 1.10. The summed E-state index contributed by atoms with van der Waals surface area (Å²) in [7, 11) is 3.96. The number of halogens is 1. The minimum absolute atomic E-state index is 0.194. The van der Waals surface area contributed by atoms with Crippen LogP contribution in [-0.4, -0.2) is 51.2 Å². The third-order valence-corrected chi connectivity index (χ3v) is 5.65. The van der Waals surface area contributed by atoms with E-state index in [9.17, 15) is 10.1 Å². The molecule has 178 valence electrons. The monoisotopic (exact) mass is 488 g/mol. The molecule has 4 aromatic rings. The number of nitriles is 1. The summed E-state index contributed by atoms with van der Waals surface area (Å²) in [5.41, 5.74) is 3.33. The molecule has 0 aliphatic carbocycles. The summed E-state index contributed by atoms with van der Waals surface area (Å²) in [6.07, 6.45) is 7.54. The van der Waals surface area contributed by atoms with E-state index in [0.29, 0.717) is 41.7 Å². The second-order valence-electron chi connectivity index (χ2n) is 8.36. The summed E-state index contributed by atoms with van der Waals surface area (Å²) in [5, 5.41) is 9.88. The number of benzene rings is 1. The van der Waals surface area contributed by atoms with Gasteiger partial charge in [-0.3, -0.25) is 9.36 Å². The highest BCUT2D eigenvalue weighted by molar-refractivity contribution is 6.30. The molecule has 0 amide bonds. The SMILES string of the molecule is CN(C)CCOc1cc(Cn2cncc2Cc2ccc(-n3cc(Cl)ccc3=O)nc2)ccc1C#N. The molecule has 0 spiro atoms. The van der Waals surface area contributed by atoms with Gasteiger partial charge in [-0.05, 0) is 49.5 Å². The Morgan fingerprint density at radius 3 is 2.69 bits per heavy atom.